The molecule has 4 nitrogen and oxygen atoms in total. The van der Waals surface area contributed by atoms with Gasteiger partial charge >= 0.3 is 0 Å². The molecule has 2 N–H and O–H groups in total. The lowest BCUT2D eigenvalue weighted by Gasteiger charge is -2.31. The standard InChI is InChI=1S/C32H40N4/c1-7-21-23-13-17-27(33-23)31(9-3,10-4)29-19-15-25(35-29)22(8-2)26-16-20-30(36-26)32(11-5,12-6)28-18-14-24(21)34-28/h13-20,33,35H,7-12H2,1-6H3/b24-21-,26-22?. The van der Waals surface area contributed by atoms with Crippen molar-refractivity contribution in [1.82, 2.24) is 9.97 Å². The summed E-state index contributed by atoms with van der Waals surface area (Å²) >= 11 is 0. The summed E-state index contributed by atoms with van der Waals surface area (Å²) < 4.78 is 0. The largest absolute Gasteiger partial charge is 0.358 e. The molecule has 0 aromatic carbocycles. The van der Waals surface area contributed by atoms with Gasteiger partial charge in [0.15, 0.2) is 0 Å². The monoisotopic (exact) mass is 480 g/mol. The summed E-state index contributed by atoms with van der Waals surface area (Å²) in [6, 6.07) is 9.09. The number of aliphatic imine (C=N–C) groups is 2. The number of hydrogen-bond donors (Lipinski definition) is 2. The Morgan fingerprint density at radius 1 is 0.556 bits per heavy atom. The molecule has 4 heteroatoms. The van der Waals surface area contributed by atoms with Gasteiger partial charge in [-0.05, 0) is 87.1 Å². The fraction of sp³-hybridized carbons (Fsp3) is 0.438. The first-order valence-electron chi connectivity index (χ1n) is 13.9. The summed E-state index contributed by atoms with van der Waals surface area (Å²) in [5.41, 5.74) is 11.6. The van der Waals surface area contributed by atoms with Crippen molar-refractivity contribution >= 4 is 22.6 Å². The number of rotatable bonds is 6. The lowest BCUT2D eigenvalue weighted by Crippen LogP contribution is -2.35. The quantitative estimate of drug-likeness (QED) is 0.416. The smallest absolute Gasteiger partial charge is 0.0686 e. The fourth-order valence-corrected chi connectivity index (χ4v) is 6.58. The van der Waals surface area contributed by atoms with E-state index < -0.39 is 0 Å². The third-order valence-corrected chi connectivity index (χ3v) is 9.05. The highest BCUT2D eigenvalue weighted by molar-refractivity contribution is 6.22. The van der Waals surface area contributed by atoms with E-state index in [2.05, 4.69) is 100 Å². The molecule has 0 saturated heterocycles. The Morgan fingerprint density at radius 3 is 1.33 bits per heavy atom. The minimum Gasteiger partial charge on any atom is -0.358 e. The zero-order chi connectivity index (χ0) is 25.5. The second-order valence-electron chi connectivity index (χ2n) is 10.2. The molecule has 3 aliphatic rings. The molecule has 8 bridgehead atoms. The average Bonchev–Trinajstić information content (AvgIpc) is 3.71. The molecule has 36 heavy (non-hydrogen) atoms. The van der Waals surface area contributed by atoms with Crippen LogP contribution in [-0.4, -0.2) is 21.4 Å². The van der Waals surface area contributed by atoms with Crippen LogP contribution in [0.1, 0.15) is 103 Å². The van der Waals surface area contributed by atoms with E-state index in [1.807, 2.05) is 0 Å². The third-order valence-electron chi connectivity index (χ3n) is 9.05. The zero-order valence-corrected chi connectivity index (χ0v) is 22.8. The van der Waals surface area contributed by atoms with Crippen LogP contribution in [0.15, 0.2) is 69.9 Å². The number of fused-ring (bicyclic) bond motifs is 6. The Morgan fingerprint density at radius 2 is 0.972 bits per heavy atom. The maximum Gasteiger partial charge on any atom is 0.0686 e. The molecular formula is C32H40N4. The SMILES string of the molecule is CCC1=C2C=CC(=N2)C(CC)(CC)C2=N/C(=C(/CC)c3ccc([nH]3)C(CC)(CC)c3ccc1[nH]3)C=C2. The molecule has 188 valence electrons. The van der Waals surface area contributed by atoms with Crippen LogP contribution in [0.4, 0.5) is 0 Å². The summed E-state index contributed by atoms with van der Waals surface area (Å²) in [6.07, 6.45) is 14.7. The Bertz CT molecular complexity index is 1240. The third kappa shape index (κ3) is 3.48. The van der Waals surface area contributed by atoms with Crippen LogP contribution in [0.25, 0.3) is 11.1 Å². The van der Waals surface area contributed by atoms with Crippen LogP contribution in [-0.2, 0) is 5.41 Å². The molecule has 5 heterocycles. The van der Waals surface area contributed by atoms with Crippen molar-refractivity contribution < 1.29 is 0 Å². The van der Waals surface area contributed by atoms with Crippen molar-refractivity contribution in [1.29, 1.82) is 0 Å². The molecule has 0 fully saturated rings. The van der Waals surface area contributed by atoms with Crippen LogP contribution in [0.3, 0.4) is 0 Å². The first-order chi connectivity index (χ1) is 17.5. The van der Waals surface area contributed by atoms with Crippen LogP contribution < -0.4 is 0 Å². The van der Waals surface area contributed by atoms with E-state index in [-0.39, 0.29) is 10.8 Å². The van der Waals surface area contributed by atoms with Crippen molar-refractivity contribution in [2.75, 3.05) is 0 Å². The number of nitrogens with zero attached hydrogens (tertiary/aromatic N) is 2. The highest BCUT2D eigenvalue weighted by atomic mass is 14.9. The number of H-pyrrole nitrogens is 2. The van der Waals surface area contributed by atoms with Gasteiger partial charge in [0.2, 0.25) is 0 Å². The van der Waals surface area contributed by atoms with E-state index in [1.165, 1.54) is 33.9 Å². The van der Waals surface area contributed by atoms with E-state index in [9.17, 15) is 0 Å². The molecular weight excluding hydrogens is 440 g/mol. The lowest BCUT2D eigenvalue weighted by molar-refractivity contribution is 0.455. The minimum atomic E-state index is -0.188. The van der Waals surface area contributed by atoms with Gasteiger partial charge in [0.1, 0.15) is 0 Å². The number of hydrogen-bond acceptors (Lipinski definition) is 2. The normalized spacial score (nSPS) is 21.8. The average molecular weight is 481 g/mol. The lowest BCUT2D eigenvalue weighted by atomic mass is 9.73. The Balaban J connectivity index is 1.83. The van der Waals surface area contributed by atoms with Crippen molar-refractivity contribution in [3.05, 3.63) is 82.7 Å². The van der Waals surface area contributed by atoms with Crippen LogP contribution >= 0.6 is 0 Å². The number of allylic oxidation sites excluding steroid dienone is 6. The van der Waals surface area contributed by atoms with E-state index >= 15 is 0 Å². The number of aromatic nitrogens is 2. The van der Waals surface area contributed by atoms with Crippen molar-refractivity contribution in [2.24, 2.45) is 15.4 Å². The maximum atomic E-state index is 5.27. The fourth-order valence-electron chi connectivity index (χ4n) is 6.58. The topological polar surface area (TPSA) is 56.3 Å². The Hall–Kier alpha value is -3.14. The molecule has 0 radical (unpaired) electrons. The molecule has 0 spiro atoms. The van der Waals surface area contributed by atoms with Crippen LogP contribution in [0, 0.1) is 5.41 Å². The molecule has 3 aliphatic heterocycles. The second-order valence-corrected chi connectivity index (χ2v) is 10.2. The highest BCUT2D eigenvalue weighted by Gasteiger charge is 2.39. The highest BCUT2D eigenvalue weighted by Crippen LogP contribution is 2.43. The van der Waals surface area contributed by atoms with Gasteiger partial charge in [-0.1, -0.05) is 41.5 Å². The van der Waals surface area contributed by atoms with E-state index in [4.69, 9.17) is 9.98 Å². The molecule has 0 amide bonds. The van der Waals surface area contributed by atoms with E-state index in [0.29, 0.717) is 0 Å². The molecule has 2 aromatic heterocycles. The summed E-state index contributed by atoms with van der Waals surface area (Å²) in [7, 11) is 0. The van der Waals surface area contributed by atoms with Gasteiger partial charge in [-0.25, -0.2) is 0 Å². The summed E-state index contributed by atoms with van der Waals surface area (Å²) in [6.45, 7) is 13.6. The summed E-state index contributed by atoms with van der Waals surface area (Å²) in [5, 5.41) is 0. The zero-order valence-electron chi connectivity index (χ0n) is 22.8. The first-order valence-corrected chi connectivity index (χ1v) is 13.9. The molecule has 5 rings (SSSR count). The molecule has 0 aliphatic carbocycles. The minimum absolute atomic E-state index is 0.0972. The summed E-state index contributed by atoms with van der Waals surface area (Å²) in [4.78, 5) is 18.2. The molecule has 2 aromatic rings. The van der Waals surface area contributed by atoms with Gasteiger partial charge in [0.25, 0.3) is 0 Å². The van der Waals surface area contributed by atoms with Crippen LogP contribution in [0.5, 0.6) is 0 Å². The predicted molar refractivity (Wildman–Crippen MR) is 154 cm³/mol. The van der Waals surface area contributed by atoms with Gasteiger partial charge in [-0.2, -0.15) is 0 Å². The Labute approximate surface area is 216 Å². The maximum absolute atomic E-state index is 5.27. The second kappa shape index (κ2) is 9.38. The number of aromatic amines is 2. The van der Waals surface area contributed by atoms with Gasteiger partial charge < -0.3 is 9.97 Å². The molecule has 0 saturated carbocycles. The van der Waals surface area contributed by atoms with Gasteiger partial charge in [0.05, 0.1) is 28.2 Å². The van der Waals surface area contributed by atoms with Crippen LogP contribution in [0.2, 0.25) is 0 Å². The van der Waals surface area contributed by atoms with Crippen molar-refractivity contribution in [3.8, 4) is 0 Å². The molecule has 0 unspecified atom stereocenters. The Kier molecular flexibility index (Phi) is 6.40. The van der Waals surface area contributed by atoms with Gasteiger partial charge in [0, 0.05) is 39.3 Å². The predicted octanol–water partition coefficient (Wildman–Crippen LogP) is 8.53. The molecule has 0 atom stereocenters. The number of nitrogens with one attached hydrogen (secondary N) is 2. The van der Waals surface area contributed by atoms with E-state index in [0.717, 1.165) is 61.3 Å². The van der Waals surface area contributed by atoms with Gasteiger partial charge in [-0.15, -0.1) is 0 Å². The van der Waals surface area contributed by atoms with Gasteiger partial charge in [-0.3, -0.25) is 9.98 Å². The first kappa shape index (κ1) is 24.5. The summed E-state index contributed by atoms with van der Waals surface area (Å²) in [5.74, 6) is 0. The van der Waals surface area contributed by atoms with Crippen molar-refractivity contribution in [2.45, 2.75) is 85.5 Å². The van der Waals surface area contributed by atoms with E-state index in [1.54, 1.807) is 0 Å². The van der Waals surface area contributed by atoms with Crippen molar-refractivity contribution in [3.63, 3.8) is 0 Å².